The van der Waals surface area contributed by atoms with Crippen LogP contribution in [0, 0.1) is 0 Å². The first kappa shape index (κ1) is 10.6. The van der Waals surface area contributed by atoms with Crippen LogP contribution in [0.1, 0.15) is 25.3 Å². The van der Waals surface area contributed by atoms with Crippen LogP contribution < -0.4 is 4.72 Å². The Kier molecular flexibility index (Phi) is 5.70. The van der Waals surface area contributed by atoms with Gasteiger partial charge in [0.1, 0.15) is 0 Å². The van der Waals surface area contributed by atoms with Gasteiger partial charge in [0.15, 0.2) is 0 Å². The smallest absolute Gasteiger partial charge is 0.0309 e. The van der Waals surface area contributed by atoms with Crippen molar-refractivity contribution in [3.63, 3.8) is 0 Å². The van der Waals surface area contributed by atoms with Crippen LogP contribution in [0.2, 0.25) is 0 Å². The van der Waals surface area contributed by atoms with Gasteiger partial charge < -0.3 is 0 Å². The molecule has 0 aliphatic rings. The predicted molar refractivity (Wildman–Crippen MR) is 60.6 cm³/mol. The zero-order valence-corrected chi connectivity index (χ0v) is 8.94. The van der Waals surface area contributed by atoms with Crippen molar-refractivity contribution in [3.05, 3.63) is 35.9 Å². The second-order valence-corrected chi connectivity index (χ2v) is 3.99. The highest BCUT2D eigenvalue weighted by molar-refractivity contribution is 7.97. The van der Waals surface area contributed by atoms with E-state index in [1.165, 1.54) is 24.2 Å². The summed E-state index contributed by atoms with van der Waals surface area (Å²) in [5.74, 6) is 1.21. The van der Waals surface area contributed by atoms with Gasteiger partial charge in [-0.2, -0.15) is 0 Å². The molecule has 0 unspecified atom stereocenters. The first-order chi connectivity index (χ1) is 6.43. The fourth-order valence-corrected chi connectivity index (χ4v) is 1.86. The van der Waals surface area contributed by atoms with E-state index in [0.717, 1.165) is 6.54 Å². The van der Waals surface area contributed by atoms with Crippen LogP contribution in [0.25, 0.3) is 0 Å². The quantitative estimate of drug-likeness (QED) is 0.552. The molecule has 0 atom stereocenters. The Balaban J connectivity index is 2.07. The number of hydrogen-bond donors (Lipinski definition) is 1. The van der Waals surface area contributed by atoms with Gasteiger partial charge in [-0.3, -0.25) is 4.72 Å². The molecule has 0 aliphatic heterocycles. The maximum Gasteiger partial charge on any atom is 0.0309 e. The summed E-state index contributed by atoms with van der Waals surface area (Å²) in [7, 11) is 0. The van der Waals surface area contributed by atoms with Gasteiger partial charge >= 0.3 is 0 Å². The third-order valence-corrected chi connectivity index (χ3v) is 2.66. The fraction of sp³-hybridized carbons (Fsp3) is 0.455. The Bertz CT molecular complexity index is 211. The molecule has 0 amide bonds. The summed E-state index contributed by atoms with van der Waals surface area (Å²) in [5.41, 5.74) is 1.35. The lowest BCUT2D eigenvalue weighted by molar-refractivity contribution is 0.886. The number of nitrogens with one attached hydrogen (secondary N) is 1. The van der Waals surface area contributed by atoms with Crippen molar-refractivity contribution in [1.29, 1.82) is 0 Å². The molecule has 1 aromatic rings. The summed E-state index contributed by atoms with van der Waals surface area (Å²) in [6, 6.07) is 10.5. The summed E-state index contributed by atoms with van der Waals surface area (Å²) >= 11 is 1.82. The lowest BCUT2D eigenvalue weighted by atomic mass is 10.2. The zero-order valence-electron chi connectivity index (χ0n) is 8.12. The fourth-order valence-electron chi connectivity index (χ4n) is 1.02. The second kappa shape index (κ2) is 6.98. The molecule has 0 saturated carbocycles. The lowest BCUT2D eigenvalue weighted by Crippen LogP contribution is -2.03. The maximum absolute atomic E-state index is 3.35. The third-order valence-electron chi connectivity index (χ3n) is 1.82. The van der Waals surface area contributed by atoms with Gasteiger partial charge in [0.2, 0.25) is 0 Å². The monoisotopic (exact) mass is 195 g/mol. The third kappa shape index (κ3) is 4.96. The second-order valence-electron chi connectivity index (χ2n) is 3.01. The highest BCUT2D eigenvalue weighted by Crippen LogP contribution is 2.03. The molecule has 1 aromatic carbocycles. The molecule has 0 heterocycles. The van der Waals surface area contributed by atoms with Crippen molar-refractivity contribution in [2.45, 2.75) is 26.3 Å². The van der Waals surface area contributed by atoms with Gasteiger partial charge in [-0.1, -0.05) is 55.6 Å². The summed E-state index contributed by atoms with van der Waals surface area (Å²) < 4.78 is 3.35. The highest BCUT2D eigenvalue weighted by atomic mass is 32.2. The van der Waals surface area contributed by atoms with Crippen LogP contribution >= 0.6 is 11.9 Å². The van der Waals surface area contributed by atoms with E-state index in [-0.39, 0.29) is 0 Å². The van der Waals surface area contributed by atoms with E-state index in [9.17, 15) is 0 Å². The Morgan fingerprint density at radius 1 is 1.23 bits per heavy atom. The molecule has 0 spiro atoms. The minimum absolute atomic E-state index is 0.967. The van der Waals surface area contributed by atoms with E-state index in [1.807, 2.05) is 18.0 Å². The average molecular weight is 195 g/mol. The summed E-state index contributed by atoms with van der Waals surface area (Å²) in [5, 5.41) is 0. The Labute approximate surface area is 85.1 Å². The van der Waals surface area contributed by atoms with Crippen LogP contribution in [0.3, 0.4) is 0 Å². The minimum atomic E-state index is 0.967. The first-order valence-corrected chi connectivity index (χ1v) is 5.80. The van der Waals surface area contributed by atoms with E-state index >= 15 is 0 Å². The zero-order chi connectivity index (χ0) is 9.36. The molecular weight excluding hydrogens is 178 g/mol. The van der Waals surface area contributed by atoms with Crippen LogP contribution in [0.15, 0.2) is 30.3 Å². The van der Waals surface area contributed by atoms with Crippen LogP contribution in [0.4, 0.5) is 0 Å². The van der Waals surface area contributed by atoms with Gasteiger partial charge in [0, 0.05) is 12.3 Å². The standard InChI is InChI=1S/C11H17NS/c1-2-3-9-13-12-10-11-7-5-4-6-8-11/h4-8,12H,2-3,9-10H2,1H3. The molecule has 13 heavy (non-hydrogen) atoms. The van der Waals surface area contributed by atoms with Crippen molar-refractivity contribution in [1.82, 2.24) is 4.72 Å². The van der Waals surface area contributed by atoms with E-state index in [2.05, 4.69) is 35.9 Å². The molecular formula is C11H17NS. The largest absolute Gasteiger partial charge is 0.260 e. The molecule has 0 aliphatic carbocycles. The molecule has 1 nitrogen and oxygen atoms in total. The molecule has 1 N–H and O–H groups in total. The number of benzene rings is 1. The molecule has 72 valence electrons. The van der Waals surface area contributed by atoms with E-state index in [0.29, 0.717) is 0 Å². The van der Waals surface area contributed by atoms with E-state index in [1.54, 1.807) is 0 Å². The SMILES string of the molecule is CCCCSNCc1ccccc1. The average Bonchev–Trinajstić information content (AvgIpc) is 2.19. The van der Waals surface area contributed by atoms with Crippen LogP contribution in [-0.4, -0.2) is 5.75 Å². The van der Waals surface area contributed by atoms with Crippen molar-refractivity contribution >= 4 is 11.9 Å². The Hall–Kier alpha value is -0.470. The van der Waals surface area contributed by atoms with Gasteiger partial charge in [-0.25, -0.2) is 0 Å². The van der Waals surface area contributed by atoms with Crippen molar-refractivity contribution < 1.29 is 0 Å². The predicted octanol–water partition coefficient (Wildman–Crippen LogP) is 3.22. The topological polar surface area (TPSA) is 12.0 Å². The summed E-state index contributed by atoms with van der Waals surface area (Å²) in [4.78, 5) is 0. The van der Waals surface area contributed by atoms with Gasteiger partial charge in [0.25, 0.3) is 0 Å². The van der Waals surface area contributed by atoms with Gasteiger partial charge in [0.05, 0.1) is 0 Å². The summed E-state index contributed by atoms with van der Waals surface area (Å²) in [6.07, 6.45) is 2.58. The molecule has 1 rings (SSSR count). The molecule has 0 fully saturated rings. The van der Waals surface area contributed by atoms with E-state index < -0.39 is 0 Å². The Morgan fingerprint density at radius 3 is 2.69 bits per heavy atom. The lowest BCUT2D eigenvalue weighted by Gasteiger charge is -2.02. The Morgan fingerprint density at radius 2 is 2.00 bits per heavy atom. The highest BCUT2D eigenvalue weighted by Gasteiger charge is 1.90. The van der Waals surface area contributed by atoms with Crippen molar-refractivity contribution in [2.75, 3.05) is 5.75 Å². The number of rotatable bonds is 6. The van der Waals surface area contributed by atoms with Gasteiger partial charge in [-0.15, -0.1) is 0 Å². The first-order valence-electron chi connectivity index (χ1n) is 4.82. The molecule has 0 bridgehead atoms. The molecule has 2 heteroatoms. The molecule has 0 aromatic heterocycles. The minimum Gasteiger partial charge on any atom is -0.260 e. The van der Waals surface area contributed by atoms with Gasteiger partial charge in [-0.05, 0) is 12.0 Å². The normalized spacial score (nSPS) is 10.2. The number of hydrogen-bond acceptors (Lipinski definition) is 2. The van der Waals surface area contributed by atoms with E-state index in [4.69, 9.17) is 0 Å². The number of unbranched alkanes of at least 4 members (excludes halogenated alkanes) is 1. The molecule has 0 radical (unpaired) electrons. The molecule has 0 saturated heterocycles. The van der Waals surface area contributed by atoms with Crippen LogP contribution in [-0.2, 0) is 6.54 Å². The van der Waals surface area contributed by atoms with Crippen molar-refractivity contribution in [3.8, 4) is 0 Å². The van der Waals surface area contributed by atoms with Crippen molar-refractivity contribution in [2.24, 2.45) is 0 Å². The maximum atomic E-state index is 3.35. The summed E-state index contributed by atoms with van der Waals surface area (Å²) in [6.45, 7) is 3.19. The van der Waals surface area contributed by atoms with Crippen LogP contribution in [0.5, 0.6) is 0 Å².